The number of nitrogens with one attached hydrogen (secondary N) is 2. The molecule has 2 aromatic rings. The van der Waals surface area contributed by atoms with Crippen LogP contribution in [0.2, 0.25) is 0 Å². The normalized spacial score (nSPS) is 19.2. The van der Waals surface area contributed by atoms with Crippen molar-refractivity contribution in [3.8, 4) is 11.5 Å². The molecule has 1 saturated heterocycles. The van der Waals surface area contributed by atoms with Gasteiger partial charge < -0.3 is 19.8 Å². The number of nitrogens with zero attached hydrogens (tertiary/aromatic N) is 3. The number of rotatable bonds is 7. The summed E-state index contributed by atoms with van der Waals surface area (Å²) in [6.07, 6.45) is 1.68. The third-order valence-electron chi connectivity index (χ3n) is 5.14. The van der Waals surface area contributed by atoms with E-state index in [4.69, 9.17) is 9.15 Å². The summed E-state index contributed by atoms with van der Waals surface area (Å²) in [7, 11) is 0. The molecule has 2 N–H and O–H groups in total. The van der Waals surface area contributed by atoms with E-state index >= 15 is 0 Å². The first kappa shape index (κ1) is 21.3. The summed E-state index contributed by atoms with van der Waals surface area (Å²) < 4.78 is 11.2. The van der Waals surface area contributed by atoms with Crippen LogP contribution >= 0.6 is 0 Å². The van der Waals surface area contributed by atoms with E-state index in [-0.39, 0.29) is 0 Å². The summed E-state index contributed by atoms with van der Waals surface area (Å²) in [5.74, 6) is 1.42. The Kier molecular flexibility index (Phi) is 7.66. The molecular formula is C22H33N5O2. The molecule has 7 heteroatoms. The third kappa shape index (κ3) is 6.05. The van der Waals surface area contributed by atoms with E-state index in [1.165, 1.54) is 5.56 Å². The minimum atomic E-state index is 0.401. The van der Waals surface area contributed by atoms with Crippen molar-refractivity contribution in [1.29, 1.82) is 0 Å². The molecule has 0 aliphatic carbocycles. The zero-order valence-electron chi connectivity index (χ0n) is 17.9. The van der Waals surface area contributed by atoms with E-state index < -0.39 is 0 Å². The lowest BCUT2D eigenvalue weighted by Gasteiger charge is -2.38. The molecule has 3 rings (SSSR count). The molecule has 0 saturated carbocycles. The van der Waals surface area contributed by atoms with Gasteiger partial charge >= 0.3 is 0 Å². The topological polar surface area (TPSA) is 74.9 Å². The van der Waals surface area contributed by atoms with Crippen molar-refractivity contribution < 1.29 is 9.15 Å². The van der Waals surface area contributed by atoms with Crippen LogP contribution in [0, 0.1) is 6.92 Å². The van der Waals surface area contributed by atoms with Crippen molar-refractivity contribution in [1.82, 2.24) is 20.5 Å². The second-order valence-electron chi connectivity index (χ2n) is 7.60. The van der Waals surface area contributed by atoms with Gasteiger partial charge in [-0.25, -0.2) is 9.98 Å². The summed E-state index contributed by atoms with van der Waals surface area (Å²) in [6, 6.07) is 9.00. The summed E-state index contributed by atoms with van der Waals surface area (Å²) >= 11 is 0. The lowest BCUT2D eigenvalue weighted by atomic mass is 10.1. The van der Waals surface area contributed by atoms with Gasteiger partial charge in [0.05, 0.1) is 19.8 Å². The van der Waals surface area contributed by atoms with Crippen molar-refractivity contribution in [3.63, 3.8) is 0 Å². The first-order valence-corrected chi connectivity index (χ1v) is 10.4. The van der Waals surface area contributed by atoms with Crippen molar-refractivity contribution in [3.05, 3.63) is 41.8 Å². The number of benzene rings is 1. The van der Waals surface area contributed by atoms with Gasteiger partial charge in [0, 0.05) is 37.3 Å². The number of oxazole rings is 1. The Labute approximate surface area is 173 Å². The molecule has 29 heavy (non-hydrogen) atoms. The predicted molar refractivity (Wildman–Crippen MR) is 116 cm³/mol. The molecule has 0 radical (unpaired) electrons. The van der Waals surface area contributed by atoms with E-state index in [1.807, 2.05) is 12.1 Å². The predicted octanol–water partition coefficient (Wildman–Crippen LogP) is 2.81. The second kappa shape index (κ2) is 10.4. The van der Waals surface area contributed by atoms with Crippen LogP contribution in [0.25, 0.3) is 11.5 Å². The first-order valence-electron chi connectivity index (χ1n) is 10.4. The largest absolute Gasteiger partial charge is 0.444 e. The number of aryl methyl sites for hydroxylation is 1. The second-order valence-corrected chi connectivity index (χ2v) is 7.60. The van der Waals surface area contributed by atoms with E-state index in [1.54, 1.807) is 6.26 Å². The molecule has 1 aliphatic heterocycles. The van der Waals surface area contributed by atoms with Crippen molar-refractivity contribution in [2.75, 3.05) is 32.8 Å². The van der Waals surface area contributed by atoms with E-state index in [2.05, 4.69) is 65.3 Å². The molecule has 7 nitrogen and oxygen atoms in total. The molecular weight excluding hydrogens is 366 g/mol. The lowest BCUT2D eigenvalue weighted by Crippen LogP contribution is -2.53. The number of guanidine groups is 1. The average Bonchev–Trinajstić information content (AvgIpc) is 3.20. The van der Waals surface area contributed by atoms with Crippen molar-refractivity contribution in [2.45, 2.75) is 46.3 Å². The fourth-order valence-corrected chi connectivity index (χ4v) is 3.47. The number of hydrogen-bond acceptors (Lipinski definition) is 5. The highest BCUT2D eigenvalue weighted by molar-refractivity contribution is 5.79. The van der Waals surface area contributed by atoms with Gasteiger partial charge in [0.15, 0.2) is 5.96 Å². The minimum Gasteiger partial charge on any atom is -0.444 e. The Morgan fingerprint density at radius 3 is 2.83 bits per heavy atom. The zero-order chi connectivity index (χ0) is 20.6. The van der Waals surface area contributed by atoms with E-state index in [9.17, 15) is 0 Å². The number of ether oxygens (including phenoxy) is 1. The Morgan fingerprint density at radius 2 is 2.10 bits per heavy atom. The van der Waals surface area contributed by atoms with Gasteiger partial charge in [-0.1, -0.05) is 17.7 Å². The maximum Gasteiger partial charge on any atom is 0.226 e. The van der Waals surface area contributed by atoms with E-state index in [0.717, 1.165) is 50.1 Å². The monoisotopic (exact) mass is 399 g/mol. The molecule has 1 aromatic carbocycles. The van der Waals surface area contributed by atoms with Crippen molar-refractivity contribution >= 4 is 5.96 Å². The SMILES string of the molecule is CCNC(=NCc1coc(-c2ccc(C)cc2)n1)NCC(C)N1CCOCC1C. The maximum atomic E-state index is 5.63. The molecule has 2 unspecified atom stereocenters. The fourth-order valence-electron chi connectivity index (χ4n) is 3.47. The molecule has 0 amide bonds. The summed E-state index contributed by atoms with van der Waals surface area (Å²) in [6.45, 7) is 13.3. The fraction of sp³-hybridized carbons (Fsp3) is 0.545. The zero-order valence-corrected chi connectivity index (χ0v) is 17.9. The molecule has 0 bridgehead atoms. The average molecular weight is 400 g/mol. The van der Waals surface area contributed by atoms with Gasteiger partial charge in [-0.3, -0.25) is 4.90 Å². The molecule has 0 spiro atoms. The van der Waals surface area contributed by atoms with Crippen LogP contribution in [0.1, 0.15) is 32.0 Å². The van der Waals surface area contributed by atoms with Crippen LogP contribution in [0.5, 0.6) is 0 Å². The number of morpholine rings is 1. The Balaban J connectivity index is 1.57. The molecule has 2 atom stereocenters. The van der Waals surface area contributed by atoms with Gasteiger partial charge in [0.25, 0.3) is 0 Å². The Morgan fingerprint density at radius 1 is 1.31 bits per heavy atom. The quantitative estimate of drug-likeness (QED) is 0.551. The minimum absolute atomic E-state index is 0.401. The highest BCUT2D eigenvalue weighted by Gasteiger charge is 2.23. The van der Waals surface area contributed by atoms with Gasteiger partial charge in [0.1, 0.15) is 12.0 Å². The standard InChI is InChI=1S/C22H33N5O2/c1-5-23-22(24-12-17(3)27-10-11-28-14-18(27)4)25-13-20-15-29-21(26-20)19-8-6-16(2)7-9-19/h6-9,15,17-18H,5,10-14H2,1-4H3,(H2,23,24,25). The van der Waals surface area contributed by atoms with Gasteiger partial charge in [-0.15, -0.1) is 0 Å². The van der Waals surface area contributed by atoms with Crippen LogP contribution < -0.4 is 10.6 Å². The van der Waals surface area contributed by atoms with E-state index in [0.29, 0.717) is 24.5 Å². The molecule has 158 valence electrons. The highest BCUT2D eigenvalue weighted by atomic mass is 16.5. The lowest BCUT2D eigenvalue weighted by molar-refractivity contribution is -0.0174. The highest BCUT2D eigenvalue weighted by Crippen LogP contribution is 2.19. The van der Waals surface area contributed by atoms with Crippen LogP contribution in [-0.4, -0.2) is 60.8 Å². The van der Waals surface area contributed by atoms with Crippen molar-refractivity contribution in [2.24, 2.45) is 4.99 Å². The summed E-state index contributed by atoms with van der Waals surface area (Å²) in [4.78, 5) is 11.7. The summed E-state index contributed by atoms with van der Waals surface area (Å²) in [5.41, 5.74) is 3.00. The van der Waals surface area contributed by atoms with Crippen LogP contribution in [0.15, 0.2) is 39.9 Å². The number of aromatic nitrogens is 1. The van der Waals surface area contributed by atoms with Gasteiger partial charge in [-0.05, 0) is 39.8 Å². The van der Waals surface area contributed by atoms with Gasteiger partial charge in [-0.2, -0.15) is 0 Å². The number of hydrogen-bond donors (Lipinski definition) is 2. The smallest absolute Gasteiger partial charge is 0.226 e. The first-order chi connectivity index (χ1) is 14.1. The molecule has 1 aliphatic rings. The van der Waals surface area contributed by atoms with Crippen LogP contribution in [0.3, 0.4) is 0 Å². The summed E-state index contributed by atoms with van der Waals surface area (Å²) in [5, 5.41) is 6.76. The maximum absolute atomic E-state index is 5.63. The number of aliphatic imine (C=N–C) groups is 1. The third-order valence-corrected chi connectivity index (χ3v) is 5.14. The van der Waals surface area contributed by atoms with Crippen LogP contribution in [-0.2, 0) is 11.3 Å². The molecule has 1 fully saturated rings. The van der Waals surface area contributed by atoms with Crippen LogP contribution in [0.4, 0.5) is 0 Å². The Bertz CT molecular complexity index is 787. The molecule has 2 heterocycles. The Hall–Kier alpha value is -2.38. The molecule has 1 aromatic heterocycles. The van der Waals surface area contributed by atoms with Gasteiger partial charge in [0.2, 0.25) is 5.89 Å².